The van der Waals surface area contributed by atoms with Crippen molar-refractivity contribution in [1.29, 1.82) is 0 Å². The Balaban J connectivity index is 1.34. The molecule has 5 rings (SSSR count). The first kappa shape index (κ1) is 29.0. The molecule has 0 unspecified atom stereocenters. The lowest BCUT2D eigenvalue weighted by Gasteiger charge is -2.43. The van der Waals surface area contributed by atoms with E-state index < -0.39 is 14.2 Å². The van der Waals surface area contributed by atoms with Crippen molar-refractivity contribution in [3.8, 4) is 0 Å². The number of hydrogen-bond donors (Lipinski definition) is 2. The average Bonchev–Trinajstić information content (AvgIpc) is 3.57. The summed E-state index contributed by atoms with van der Waals surface area (Å²) >= 11 is 0. The summed E-state index contributed by atoms with van der Waals surface area (Å²) in [5.74, 6) is 1.58. The summed E-state index contributed by atoms with van der Waals surface area (Å²) in [6.07, 6.45) is 4.91. The zero-order valence-corrected chi connectivity index (χ0v) is 25.6. The van der Waals surface area contributed by atoms with Gasteiger partial charge in [0.05, 0.1) is 42.9 Å². The minimum atomic E-state index is -1.18. The Hall–Kier alpha value is -3.48. The van der Waals surface area contributed by atoms with Gasteiger partial charge in [-0.05, 0) is 37.6 Å². The minimum Gasteiger partial charge on any atom is -0.465 e. The predicted molar refractivity (Wildman–Crippen MR) is 163 cm³/mol. The molecule has 0 saturated carbocycles. The van der Waals surface area contributed by atoms with Crippen molar-refractivity contribution in [2.24, 2.45) is 0 Å². The number of nitrogens with zero attached hydrogens (tertiary/aromatic N) is 6. The lowest BCUT2D eigenvalue weighted by molar-refractivity contribution is 0.0898. The number of piperazine rings is 1. The number of amides is 1. The maximum Gasteiger partial charge on any atom is 0.407 e. The summed E-state index contributed by atoms with van der Waals surface area (Å²) in [5.41, 5.74) is 3.86. The summed E-state index contributed by atoms with van der Waals surface area (Å²) in [6, 6.07) is 6.83. The molecule has 3 aromatic heterocycles. The molecule has 0 radical (unpaired) electrons. The Morgan fingerprint density at radius 2 is 1.98 bits per heavy atom. The smallest absolute Gasteiger partial charge is 0.407 e. The summed E-state index contributed by atoms with van der Waals surface area (Å²) < 4.78 is 13.8. The van der Waals surface area contributed by atoms with Gasteiger partial charge in [0, 0.05) is 39.5 Å². The molecule has 1 saturated heterocycles. The van der Waals surface area contributed by atoms with Crippen molar-refractivity contribution >= 4 is 42.4 Å². The molecule has 41 heavy (non-hydrogen) atoms. The van der Waals surface area contributed by atoms with Gasteiger partial charge in [-0.25, -0.2) is 19.7 Å². The lowest BCUT2D eigenvalue weighted by Crippen LogP contribution is -2.58. The molecule has 220 valence electrons. The van der Waals surface area contributed by atoms with Crippen molar-refractivity contribution in [1.82, 2.24) is 24.4 Å². The van der Waals surface area contributed by atoms with Crippen molar-refractivity contribution in [3.63, 3.8) is 0 Å². The van der Waals surface area contributed by atoms with Crippen LogP contribution in [0.1, 0.15) is 25.1 Å². The van der Waals surface area contributed by atoms with Crippen molar-refractivity contribution < 1.29 is 19.4 Å². The maximum atomic E-state index is 11.7. The summed E-state index contributed by atoms with van der Waals surface area (Å²) in [4.78, 5) is 29.5. The Morgan fingerprint density at radius 1 is 1.20 bits per heavy atom. The first-order valence-electron chi connectivity index (χ1n) is 14.3. The second kappa shape index (κ2) is 12.2. The quantitative estimate of drug-likeness (QED) is 0.259. The molecule has 0 spiro atoms. The highest BCUT2D eigenvalue weighted by Gasteiger charge is 2.33. The molecule has 0 aromatic carbocycles. The number of nitrogens with one attached hydrogen (secondary N) is 1. The number of anilines is 2. The predicted octanol–water partition coefficient (Wildman–Crippen LogP) is 4.74. The van der Waals surface area contributed by atoms with Gasteiger partial charge < -0.3 is 29.4 Å². The van der Waals surface area contributed by atoms with Crippen LogP contribution in [0, 0.1) is 0 Å². The van der Waals surface area contributed by atoms with Gasteiger partial charge in [0.25, 0.3) is 0 Å². The van der Waals surface area contributed by atoms with Crippen LogP contribution < -0.4 is 10.2 Å². The van der Waals surface area contributed by atoms with E-state index in [1.54, 1.807) is 6.33 Å². The van der Waals surface area contributed by atoms with Crippen LogP contribution in [0.25, 0.3) is 16.6 Å². The van der Waals surface area contributed by atoms with E-state index in [0.29, 0.717) is 39.6 Å². The number of aromatic nitrogens is 4. The van der Waals surface area contributed by atoms with Gasteiger partial charge in [-0.15, -0.1) is 0 Å². The molecule has 2 aliphatic rings. The Morgan fingerprint density at radius 3 is 2.66 bits per heavy atom. The lowest BCUT2D eigenvalue weighted by atomic mass is 10.1. The van der Waals surface area contributed by atoms with Crippen LogP contribution >= 0.6 is 0 Å². The molecule has 5 heterocycles. The third kappa shape index (κ3) is 6.71. The van der Waals surface area contributed by atoms with Crippen LogP contribution in [0.15, 0.2) is 36.8 Å². The molecule has 2 aliphatic heterocycles. The Kier molecular flexibility index (Phi) is 8.62. The summed E-state index contributed by atoms with van der Waals surface area (Å²) in [6.45, 7) is 14.9. The summed E-state index contributed by atoms with van der Waals surface area (Å²) in [5, 5.41) is 14.0. The molecule has 11 nitrogen and oxygen atoms in total. The average molecular weight is 580 g/mol. The molecule has 2 atom stereocenters. The number of rotatable bonds is 10. The molecule has 1 fully saturated rings. The maximum absolute atomic E-state index is 11.7. The molecule has 2 N–H and O–H groups in total. The molecule has 0 aliphatic carbocycles. The summed E-state index contributed by atoms with van der Waals surface area (Å²) in [7, 11) is -1.18. The SMILES string of the molecule is C[C@@H]1CN(c2cccc(CNc3ncnc4c3c(C3=CCOC3)cn4COCC[Si](C)(C)C)n2)C[C@H](C)N1C(=O)O. The second-order valence-electron chi connectivity index (χ2n) is 12.2. The molecular weight excluding hydrogens is 538 g/mol. The van der Waals surface area contributed by atoms with E-state index in [0.717, 1.165) is 52.2 Å². The molecule has 0 bridgehead atoms. The van der Waals surface area contributed by atoms with Crippen LogP contribution in [0.3, 0.4) is 0 Å². The topological polar surface area (TPSA) is 118 Å². The van der Waals surface area contributed by atoms with E-state index in [2.05, 4.69) is 56.7 Å². The van der Waals surface area contributed by atoms with Crippen LogP contribution in [-0.4, -0.2) is 88.7 Å². The van der Waals surface area contributed by atoms with Crippen molar-refractivity contribution in [2.75, 3.05) is 43.1 Å². The fraction of sp³-hybridized carbons (Fsp3) is 0.517. The van der Waals surface area contributed by atoms with Crippen molar-refractivity contribution in [2.45, 2.75) is 64.9 Å². The molecular formula is C29H41N7O4Si. The number of carbonyl (C=O) groups is 1. The van der Waals surface area contributed by atoms with Crippen LogP contribution in [-0.2, 0) is 22.7 Å². The standard InChI is InChI=1S/C29H41N7O4Si/c1-20-14-34(15-21(2)36(20)29(37)38)25-8-6-7-23(33-25)13-30-27-26-24(22-9-10-39-17-22)16-35(28(26)32-18-31-27)19-40-11-12-41(3,4)5/h6-9,16,18,20-21H,10-15,17,19H2,1-5H3,(H,37,38)(H,30,31,32)/t20-,21+. The van der Waals surface area contributed by atoms with Gasteiger partial charge in [0.15, 0.2) is 0 Å². The fourth-order valence-corrected chi connectivity index (χ4v) is 6.28. The van der Waals surface area contributed by atoms with Gasteiger partial charge in [-0.3, -0.25) is 4.90 Å². The third-order valence-corrected chi connectivity index (χ3v) is 9.33. The van der Waals surface area contributed by atoms with Crippen LogP contribution in [0.2, 0.25) is 25.7 Å². The van der Waals surface area contributed by atoms with E-state index >= 15 is 0 Å². The van der Waals surface area contributed by atoms with Gasteiger partial charge in [-0.2, -0.15) is 0 Å². The third-order valence-electron chi connectivity index (χ3n) is 7.62. The normalized spacial score (nSPS) is 19.6. The molecule has 3 aromatic rings. The van der Waals surface area contributed by atoms with E-state index in [4.69, 9.17) is 14.5 Å². The fourth-order valence-electron chi connectivity index (χ4n) is 5.52. The van der Waals surface area contributed by atoms with Gasteiger partial charge in [-0.1, -0.05) is 31.8 Å². The van der Waals surface area contributed by atoms with E-state index in [1.807, 2.05) is 32.0 Å². The first-order chi connectivity index (χ1) is 19.6. The number of pyridine rings is 1. The van der Waals surface area contributed by atoms with Gasteiger partial charge >= 0.3 is 6.09 Å². The highest BCUT2D eigenvalue weighted by Crippen LogP contribution is 2.33. The zero-order valence-electron chi connectivity index (χ0n) is 24.6. The van der Waals surface area contributed by atoms with Crippen molar-refractivity contribution in [3.05, 3.63) is 48.1 Å². The van der Waals surface area contributed by atoms with E-state index in [-0.39, 0.29) is 12.1 Å². The molecule has 1 amide bonds. The minimum absolute atomic E-state index is 0.120. The number of hydrogen-bond acceptors (Lipinski definition) is 8. The highest BCUT2D eigenvalue weighted by atomic mass is 28.3. The first-order valence-corrected chi connectivity index (χ1v) is 18.0. The number of ether oxygens (including phenoxy) is 2. The Labute approximate surface area is 242 Å². The largest absolute Gasteiger partial charge is 0.465 e. The van der Waals surface area contributed by atoms with Gasteiger partial charge in [0.2, 0.25) is 0 Å². The second-order valence-corrected chi connectivity index (χ2v) is 17.8. The highest BCUT2D eigenvalue weighted by molar-refractivity contribution is 6.76. The van der Waals surface area contributed by atoms with Crippen LogP contribution in [0.5, 0.6) is 0 Å². The van der Waals surface area contributed by atoms with E-state index in [9.17, 15) is 9.90 Å². The molecule has 12 heteroatoms. The number of fused-ring (bicyclic) bond motifs is 1. The van der Waals surface area contributed by atoms with Crippen LogP contribution in [0.4, 0.5) is 16.4 Å². The monoisotopic (exact) mass is 579 g/mol. The Bertz CT molecular complexity index is 1410. The van der Waals surface area contributed by atoms with Gasteiger partial charge in [0.1, 0.15) is 30.3 Å². The van der Waals surface area contributed by atoms with E-state index in [1.165, 1.54) is 4.90 Å². The zero-order chi connectivity index (χ0) is 29.1. The number of carboxylic acid groups (broad SMARTS) is 1.